The van der Waals surface area contributed by atoms with E-state index in [4.69, 9.17) is 16.3 Å². The summed E-state index contributed by atoms with van der Waals surface area (Å²) in [6.07, 6.45) is -0.868. The monoisotopic (exact) mass is 387 g/mol. The van der Waals surface area contributed by atoms with Gasteiger partial charge in [-0.2, -0.15) is 4.68 Å². The zero-order chi connectivity index (χ0) is 19.4. The number of hydrogen-bond donors (Lipinski definition) is 1. The van der Waals surface area contributed by atoms with Crippen molar-refractivity contribution < 1.29 is 13.9 Å². The molecule has 0 aliphatic carbocycles. The minimum atomic E-state index is -0.868. The average Bonchev–Trinajstić information content (AvgIpc) is 2.66. The van der Waals surface area contributed by atoms with Crippen molar-refractivity contribution in [2.45, 2.75) is 13.0 Å². The van der Waals surface area contributed by atoms with Crippen LogP contribution in [0.2, 0.25) is 5.02 Å². The molecule has 0 saturated carbocycles. The lowest BCUT2D eigenvalue weighted by molar-refractivity contribution is -0.122. The Morgan fingerprint density at radius 2 is 1.78 bits per heavy atom. The standard InChI is InChI=1S/C19H15ClFN3O3/c1-12(19(26)22-15-6-2-13(20)3-7-15)27-17-10-11-18(25)24(23-17)16-8-4-14(21)5-9-16/h2-12H,1H3,(H,22,26)/t12-/m0/s1. The van der Waals surface area contributed by atoms with E-state index < -0.39 is 23.4 Å². The number of amides is 1. The molecule has 1 amide bonds. The Bertz CT molecular complexity index is 1000. The van der Waals surface area contributed by atoms with Gasteiger partial charge in [0.2, 0.25) is 5.88 Å². The topological polar surface area (TPSA) is 73.2 Å². The van der Waals surface area contributed by atoms with E-state index in [2.05, 4.69) is 10.4 Å². The number of ether oxygens (including phenoxy) is 1. The molecular weight excluding hydrogens is 373 g/mol. The highest BCUT2D eigenvalue weighted by Crippen LogP contribution is 2.15. The van der Waals surface area contributed by atoms with Crippen LogP contribution in [0.1, 0.15) is 6.92 Å². The van der Waals surface area contributed by atoms with Gasteiger partial charge in [0.05, 0.1) is 5.69 Å². The Morgan fingerprint density at radius 3 is 2.44 bits per heavy atom. The lowest BCUT2D eigenvalue weighted by Crippen LogP contribution is -2.31. The number of rotatable bonds is 5. The molecule has 6 nitrogen and oxygen atoms in total. The highest BCUT2D eigenvalue weighted by molar-refractivity contribution is 6.30. The van der Waals surface area contributed by atoms with Crippen LogP contribution in [-0.4, -0.2) is 21.8 Å². The van der Waals surface area contributed by atoms with E-state index in [0.717, 1.165) is 4.68 Å². The van der Waals surface area contributed by atoms with E-state index in [1.54, 1.807) is 31.2 Å². The van der Waals surface area contributed by atoms with Crippen molar-refractivity contribution in [2.75, 3.05) is 5.32 Å². The molecule has 0 bridgehead atoms. The summed E-state index contributed by atoms with van der Waals surface area (Å²) in [4.78, 5) is 24.3. The van der Waals surface area contributed by atoms with Gasteiger partial charge >= 0.3 is 0 Å². The number of halogens is 2. The molecule has 3 rings (SSSR count). The average molecular weight is 388 g/mol. The van der Waals surface area contributed by atoms with Gasteiger partial charge in [0.15, 0.2) is 6.10 Å². The lowest BCUT2D eigenvalue weighted by atomic mass is 10.3. The van der Waals surface area contributed by atoms with Crippen LogP contribution in [-0.2, 0) is 4.79 Å². The van der Waals surface area contributed by atoms with Crippen molar-refractivity contribution in [3.8, 4) is 11.6 Å². The van der Waals surface area contributed by atoms with Crippen molar-refractivity contribution in [3.63, 3.8) is 0 Å². The third kappa shape index (κ3) is 4.71. The van der Waals surface area contributed by atoms with Crippen LogP contribution < -0.4 is 15.6 Å². The Labute approximate surface area is 159 Å². The summed E-state index contributed by atoms with van der Waals surface area (Å²) < 4.78 is 19.7. The predicted molar refractivity (Wildman–Crippen MR) is 100.0 cm³/mol. The Hall–Kier alpha value is -3.19. The summed E-state index contributed by atoms with van der Waals surface area (Å²) in [5.74, 6) is -0.733. The number of carbonyl (C=O) groups excluding carboxylic acids is 1. The Kier molecular flexibility index (Phi) is 5.52. The maximum Gasteiger partial charge on any atom is 0.271 e. The largest absolute Gasteiger partial charge is 0.463 e. The molecule has 0 saturated heterocycles. The normalized spacial score (nSPS) is 11.7. The molecule has 3 aromatic rings. The van der Waals surface area contributed by atoms with Crippen LogP contribution in [0.5, 0.6) is 5.88 Å². The van der Waals surface area contributed by atoms with Crippen molar-refractivity contribution in [1.82, 2.24) is 9.78 Å². The van der Waals surface area contributed by atoms with E-state index in [9.17, 15) is 14.0 Å². The number of benzene rings is 2. The van der Waals surface area contributed by atoms with E-state index in [0.29, 0.717) is 16.4 Å². The number of aromatic nitrogens is 2. The van der Waals surface area contributed by atoms with Crippen LogP contribution in [0.3, 0.4) is 0 Å². The van der Waals surface area contributed by atoms with E-state index in [-0.39, 0.29) is 5.88 Å². The highest BCUT2D eigenvalue weighted by atomic mass is 35.5. The van der Waals surface area contributed by atoms with Crippen molar-refractivity contribution in [2.24, 2.45) is 0 Å². The SMILES string of the molecule is C[C@H](Oc1ccc(=O)n(-c2ccc(F)cc2)n1)C(=O)Nc1ccc(Cl)cc1. The van der Waals surface area contributed by atoms with Gasteiger partial charge in [0.25, 0.3) is 11.5 Å². The molecule has 1 atom stereocenters. The molecule has 1 N–H and O–H groups in total. The fourth-order valence-electron chi connectivity index (χ4n) is 2.24. The summed E-state index contributed by atoms with van der Waals surface area (Å²) in [6.45, 7) is 1.56. The van der Waals surface area contributed by atoms with Crippen molar-refractivity contribution >= 4 is 23.2 Å². The van der Waals surface area contributed by atoms with Crippen molar-refractivity contribution in [1.29, 1.82) is 0 Å². The van der Waals surface area contributed by atoms with Gasteiger partial charge in [-0.1, -0.05) is 11.6 Å². The Morgan fingerprint density at radius 1 is 1.11 bits per heavy atom. The minimum Gasteiger partial charge on any atom is -0.463 e. The quantitative estimate of drug-likeness (QED) is 0.728. The third-order valence-electron chi connectivity index (χ3n) is 3.63. The number of nitrogens with one attached hydrogen (secondary N) is 1. The molecular formula is C19H15ClFN3O3. The first-order valence-electron chi connectivity index (χ1n) is 8.02. The number of carbonyl (C=O) groups is 1. The Balaban J connectivity index is 1.74. The van der Waals surface area contributed by atoms with E-state index in [1.165, 1.54) is 36.4 Å². The van der Waals surface area contributed by atoms with Gasteiger partial charge in [0.1, 0.15) is 5.82 Å². The maximum atomic E-state index is 13.1. The number of hydrogen-bond acceptors (Lipinski definition) is 4. The van der Waals surface area contributed by atoms with Crippen LogP contribution in [0.15, 0.2) is 65.5 Å². The second kappa shape index (κ2) is 8.01. The zero-order valence-electron chi connectivity index (χ0n) is 14.2. The van der Waals surface area contributed by atoms with Gasteiger partial charge in [-0.3, -0.25) is 9.59 Å². The molecule has 0 fully saturated rings. The molecule has 1 heterocycles. The number of anilines is 1. The molecule has 0 radical (unpaired) electrons. The first-order valence-corrected chi connectivity index (χ1v) is 8.39. The summed E-state index contributed by atoms with van der Waals surface area (Å²) in [5.41, 5.74) is 0.543. The van der Waals surface area contributed by atoms with Gasteiger partial charge in [-0.15, -0.1) is 5.10 Å². The second-order valence-corrected chi connectivity index (χ2v) is 6.09. The third-order valence-corrected chi connectivity index (χ3v) is 3.88. The van der Waals surface area contributed by atoms with Crippen LogP contribution in [0.25, 0.3) is 5.69 Å². The molecule has 0 unspecified atom stereocenters. The van der Waals surface area contributed by atoms with Crippen LogP contribution in [0, 0.1) is 5.82 Å². The highest BCUT2D eigenvalue weighted by Gasteiger charge is 2.16. The molecule has 0 aliphatic heterocycles. The molecule has 0 aliphatic rings. The molecule has 0 spiro atoms. The number of nitrogens with zero attached hydrogens (tertiary/aromatic N) is 2. The van der Waals surface area contributed by atoms with Gasteiger partial charge in [-0.25, -0.2) is 4.39 Å². The maximum absolute atomic E-state index is 13.1. The smallest absolute Gasteiger partial charge is 0.271 e. The zero-order valence-corrected chi connectivity index (χ0v) is 15.0. The molecule has 2 aromatic carbocycles. The van der Waals surface area contributed by atoms with E-state index >= 15 is 0 Å². The summed E-state index contributed by atoms with van der Waals surface area (Å²) in [6, 6.07) is 14.6. The van der Waals surface area contributed by atoms with Crippen LogP contribution >= 0.6 is 11.6 Å². The first kappa shape index (κ1) is 18.6. The molecule has 1 aromatic heterocycles. The van der Waals surface area contributed by atoms with E-state index in [1.807, 2.05) is 0 Å². The molecule has 138 valence electrons. The first-order chi connectivity index (χ1) is 12.9. The van der Waals surface area contributed by atoms with Gasteiger partial charge < -0.3 is 10.1 Å². The molecule has 27 heavy (non-hydrogen) atoms. The van der Waals surface area contributed by atoms with Gasteiger partial charge in [-0.05, 0) is 55.5 Å². The second-order valence-electron chi connectivity index (χ2n) is 5.65. The lowest BCUT2D eigenvalue weighted by Gasteiger charge is -2.15. The predicted octanol–water partition coefficient (Wildman–Crippen LogP) is 3.43. The summed E-state index contributed by atoms with van der Waals surface area (Å²) >= 11 is 5.81. The summed E-state index contributed by atoms with van der Waals surface area (Å²) in [7, 11) is 0. The minimum absolute atomic E-state index is 0.0812. The summed E-state index contributed by atoms with van der Waals surface area (Å²) in [5, 5.41) is 7.33. The fourth-order valence-corrected chi connectivity index (χ4v) is 2.36. The fraction of sp³-hybridized carbons (Fsp3) is 0.105. The molecule has 8 heteroatoms. The van der Waals surface area contributed by atoms with Crippen LogP contribution in [0.4, 0.5) is 10.1 Å². The van der Waals surface area contributed by atoms with Crippen molar-refractivity contribution in [3.05, 3.63) is 81.9 Å². The van der Waals surface area contributed by atoms with Gasteiger partial charge in [0, 0.05) is 22.8 Å².